The van der Waals surface area contributed by atoms with Crippen molar-refractivity contribution in [2.24, 2.45) is 0 Å². The summed E-state index contributed by atoms with van der Waals surface area (Å²) in [5.41, 5.74) is 0. The molecule has 2 atom stereocenters. The van der Waals surface area contributed by atoms with E-state index in [1.807, 2.05) is 18.2 Å². The number of ether oxygens (including phenoxy) is 2. The smallest absolute Gasteiger partial charge is 0.158 e. The van der Waals surface area contributed by atoms with Crippen molar-refractivity contribution in [3.63, 3.8) is 0 Å². The summed E-state index contributed by atoms with van der Waals surface area (Å²) in [5, 5.41) is 2.68. The summed E-state index contributed by atoms with van der Waals surface area (Å²) < 4.78 is 22.6. The number of benzene rings is 1. The van der Waals surface area contributed by atoms with Crippen molar-refractivity contribution >= 4 is 10.8 Å². The Balaban J connectivity index is 1.76. The lowest BCUT2D eigenvalue weighted by atomic mass is 10.2. The summed E-state index contributed by atoms with van der Waals surface area (Å²) in [7, 11) is -1.27. The van der Waals surface area contributed by atoms with E-state index >= 15 is 0 Å². The molecule has 3 nitrogen and oxygen atoms in total. The van der Waals surface area contributed by atoms with E-state index in [4.69, 9.17) is 9.47 Å². The zero-order valence-electron chi connectivity index (χ0n) is 10.1. The molecule has 4 heteroatoms. The molecular weight excluding hydrogens is 248 g/mol. The molecule has 1 aliphatic rings. The predicted molar refractivity (Wildman–Crippen MR) is 70.2 cm³/mol. The minimum atomic E-state index is -1.27. The minimum Gasteiger partial charge on any atom is -0.353 e. The lowest BCUT2D eigenvalue weighted by molar-refractivity contribution is -0.154. The van der Waals surface area contributed by atoms with E-state index in [2.05, 4.69) is 11.2 Å². The molecule has 0 aliphatic carbocycles. The van der Waals surface area contributed by atoms with Crippen LogP contribution in [-0.2, 0) is 20.3 Å². The molecular formula is C14H16O3S. The summed E-state index contributed by atoms with van der Waals surface area (Å²) in [6.07, 6.45) is 3.01. The van der Waals surface area contributed by atoms with E-state index in [9.17, 15) is 4.21 Å². The summed E-state index contributed by atoms with van der Waals surface area (Å²) in [5.74, 6) is 2.78. The molecule has 1 heterocycles. The van der Waals surface area contributed by atoms with Gasteiger partial charge in [0.25, 0.3) is 0 Å². The highest BCUT2D eigenvalue weighted by atomic mass is 32.2. The highest BCUT2D eigenvalue weighted by Gasteiger charge is 2.12. The van der Waals surface area contributed by atoms with Crippen molar-refractivity contribution in [1.82, 2.24) is 0 Å². The van der Waals surface area contributed by atoms with Gasteiger partial charge < -0.3 is 9.47 Å². The zero-order chi connectivity index (χ0) is 12.6. The highest BCUT2D eigenvalue weighted by Crippen LogP contribution is 2.13. The van der Waals surface area contributed by atoms with E-state index in [0.717, 1.165) is 30.8 Å². The first kappa shape index (κ1) is 13.3. The second kappa shape index (κ2) is 7.32. The fourth-order valence-electron chi connectivity index (χ4n) is 1.68. The van der Waals surface area contributed by atoms with Gasteiger partial charge in [-0.3, -0.25) is 0 Å². The molecule has 0 radical (unpaired) electrons. The van der Waals surface area contributed by atoms with E-state index in [0.29, 0.717) is 0 Å². The summed E-state index contributed by atoms with van der Waals surface area (Å²) in [6.45, 7) is 1.03. The van der Waals surface area contributed by atoms with Crippen LogP contribution in [0.15, 0.2) is 35.2 Å². The molecule has 18 heavy (non-hydrogen) atoms. The Morgan fingerprint density at radius 2 is 2.17 bits per heavy atom. The van der Waals surface area contributed by atoms with Gasteiger partial charge in [-0.1, -0.05) is 24.1 Å². The average Bonchev–Trinajstić information content (AvgIpc) is 2.45. The summed E-state index contributed by atoms with van der Waals surface area (Å²) >= 11 is 0. The molecule has 1 aliphatic heterocycles. The highest BCUT2D eigenvalue weighted by molar-refractivity contribution is 7.89. The van der Waals surface area contributed by atoms with Crippen LogP contribution >= 0.6 is 0 Å². The summed E-state index contributed by atoms with van der Waals surface area (Å²) in [4.78, 5) is 0.721. The van der Waals surface area contributed by atoms with Gasteiger partial charge >= 0.3 is 0 Å². The molecule has 1 aromatic rings. The fourth-order valence-corrected chi connectivity index (χ4v) is 2.39. The summed E-state index contributed by atoms with van der Waals surface area (Å²) in [6, 6.07) is 9.19. The maximum Gasteiger partial charge on any atom is 0.158 e. The first-order valence-corrected chi connectivity index (χ1v) is 7.20. The van der Waals surface area contributed by atoms with Crippen LogP contribution in [-0.4, -0.2) is 23.7 Å². The molecule has 1 fully saturated rings. The molecule has 2 rings (SSSR count). The van der Waals surface area contributed by atoms with Crippen molar-refractivity contribution in [3.05, 3.63) is 30.3 Å². The minimum absolute atomic E-state index is 0.141. The topological polar surface area (TPSA) is 35.5 Å². The van der Waals surface area contributed by atoms with Crippen LogP contribution < -0.4 is 0 Å². The van der Waals surface area contributed by atoms with E-state index in [-0.39, 0.29) is 12.9 Å². The lowest BCUT2D eigenvalue weighted by Crippen LogP contribution is -2.22. The van der Waals surface area contributed by atoms with Gasteiger partial charge in [-0.05, 0) is 31.4 Å². The third-order valence-corrected chi connectivity index (χ3v) is 3.63. The van der Waals surface area contributed by atoms with Gasteiger partial charge in [0.2, 0.25) is 0 Å². The fraction of sp³-hybridized carbons (Fsp3) is 0.429. The van der Waals surface area contributed by atoms with E-state index in [1.165, 1.54) is 0 Å². The van der Waals surface area contributed by atoms with Gasteiger partial charge in [-0.2, -0.15) is 0 Å². The maximum atomic E-state index is 11.7. The van der Waals surface area contributed by atoms with Crippen molar-refractivity contribution in [3.8, 4) is 11.2 Å². The van der Waals surface area contributed by atoms with Crippen LogP contribution in [0.4, 0.5) is 0 Å². The SMILES string of the molecule is O=S(C#CCOC1CCCCO1)c1ccccc1. The Kier molecular flexibility index (Phi) is 5.40. The zero-order valence-corrected chi connectivity index (χ0v) is 10.9. The van der Waals surface area contributed by atoms with Gasteiger partial charge in [0, 0.05) is 11.9 Å². The van der Waals surface area contributed by atoms with Crippen LogP contribution in [0, 0.1) is 11.2 Å². The molecule has 96 valence electrons. The van der Waals surface area contributed by atoms with Crippen LogP contribution in [0.1, 0.15) is 19.3 Å². The normalized spacial score (nSPS) is 20.8. The predicted octanol–water partition coefficient (Wildman–Crippen LogP) is 2.30. The molecule has 1 aromatic carbocycles. The molecule has 1 saturated heterocycles. The van der Waals surface area contributed by atoms with Gasteiger partial charge in [-0.15, -0.1) is 0 Å². The Morgan fingerprint density at radius 3 is 2.89 bits per heavy atom. The maximum absolute atomic E-state index is 11.7. The van der Waals surface area contributed by atoms with Gasteiger partial charge in [0.1, 0.15) is 17.4 Å². The number of hydrogen-bond donors (Lipinski definition) is 0. The Hall–Kier alpha value is -1.15. The quantitative estimate of drug-likeness (QED) is 0.786. The second-order valence-electron chi connectivity index (χ2n) is 3.97. The number of rotatable bonds is 3. The Labute approximate surface area is 110 Å². The molecule has 0 bridgehead atoms. The van der Waals surface area contributed by atoms with Gasteiger partial charge in [0.15, 0.2) is 6.29 Å². The largest absolute Gasteiger partial charge is 0.353 e. The standard InChI is InChI=1S/C14H16O3S/c15-18(13-7-2-1-3-8-13)12-6-11-17-14-9-4-5-10-16-14/h1-3,7-8,14H,4-5,9-11H2. The van der Waals surface area contributed by atoms with Crippen molar-refractivity contribution in [1.29, 1.82) is 0 Å². The van der Waals surface area contributed by atoms with Crippen molar-refractivity contribution in [2.45, 2.75) is 30.4 Å². The van der Waals surface area contributed by atoms with Gasteiger partial charge in [-0.25, -0.2) is 4.21 Å². The molecule has 0 aromatic heterocycles. The first-order chi connectivity index (χ1) is 8.86. The number of hydrogen-bond acceptors (Lipinski definition) is 3. The molecule has 0 N–H and O–H groups in total. The monoisotopic (exact) mass is 264 g/mol. The second-order valence-corrected chi connectivity index (χ2v) is 5.18. The van der Waals surface area contributed by atoms with Gasteiger partial charge in [0.05, 0.1) is 4.90 Å². The molecule has 0 amide bonds. The van der Waals surface area contributed by atoms with Crippen molar-refractivity contribution in [2.75, 3.05) is 13.2 Å². The van der Waals surface area contributed by atoms with Crippen LogP contribution in [0.25, 0.3) is 0 Å². The molecule has 0 saturated carbocycles. The lowest BCUT2D eigenvalue weighted by Gasteiger charge is -2.21. The molecule has 2 unspecified atom stereocenters. The van der Waals surface area contributed by atoms with Crippen LogP contribution in [0.2, 0.25) is 0 Å². The Morgan fingerprint density at radius 1 is 1.33 bits per heavy atom. The van der Waals surface area contributed by atoms with Crippen LogP contribution in [0.3, 0.4) is 0 Å². The van der Waals surface area contributed by atoms with E-state index < -0.39 is 10.8 Å². The Bertz CT molecular complexity index is 441. The third-order valence-electron chi connectivity index (χ3n) is 2.60. The average molecular weight is 264 g/mol. The van der Waals surface area contributed by atoms with E-state index in [1.54, 1.807) is 12.1 Å². The van der Waals surface area contributed by atoms with Crippen LogP contribution in [0.5, 0.6) is 0 Å². The first-order valence-electron chi connectivity index (χ1n) is 6.05. The van der Waals surface area contributed by atoms with Crippen molar-refractivity contribution < 1.29 is 13.7 Å². The molecule has 0 spiro atoms. The third kappa shape index (κ3) is 4.26.